The summed E-state index contributed by atoms with van der Waals surface area (Å²) in [7, 11) is 0. The lowest BCUT2D eigenvalue weighted by atomic mass is 10.1. The SMILES string of the molecule is CCOC(=O)CC[C@H](NC(=O)c1ccc(NCC(S)CN=C2N=C(N)NC(=O)C2Br)cc1)C(=O)OCC. The van der Waals surface area contributed by atoms with Crippen LogP contribution in [0.4, 0.5) is 5.69 Å². The van der Waals surface area contributed by atoms with Crippen molar-refractivity contribution in [1.82, 2.24) is 10.6 Å². The van der Waals surface area contributed by atoms with Crippen LogP contribution in [0.5, 0.6) is 0 Å². The number of alkyl halides is 1. The molecule has 0 radical (unpaired) electrons. The summed E-state index contributed by atoms with van der Waals surface area (Å²) in [4.78, 5) is 56.0. The molecule has 37 heavy (non-hydrogen) atoms. The molecular weight excluding hydrogens is 568 g/mol. The van der Waals surface area contributed by atoms with E-state index in [1.807, 2.05) is 0 Å². The lowest BCUT2D eigenvalue weighted by Gasteiger charge is -2.18. The van der Waals surface area contributed by atoms with E-state index in [2.05, 4.69) is 54.5 Å². The molecule has 3 atom stereocenters. The van der Waals surface area contributed by atoms with Gasteiger partial charge >= 0.3 is 11.9 Å². The maximum atomic E-state index is 12.7. The van der Waals surface area contributed by atoms with E-state index in [1.165, 1.54) is 0 Å². The molecule has 2 amide bonds. The largest absolute Gasteiger partial charge is 0.466 e. The predicted octanol–water partition coefficient (Wildman–Crippen LogP) is 1.01. The lowest BCUT2D eigenvalue weighted by molar-refractivity contribution is -0.146. The number of nitrogens with one attached hydrogen (secondary N) is 3. The van der Waals surface area contributed by atoms with Crippen LogP contribution in [-0.2, 0) is 23.9 Å². The molecule has 0 fully saturated rings. The Morgan fingerprint density at radius 1 is 1.22 bits per heavy atom. The van der Waals surface area contributed by atoms with Gasteiger partial charge in [0, 0.05) is 29.5 Å². The monoisotopic (exact) mass is 598 g/mol. The second-order valence-electron chi connectivity index (χ2n) is 7.78. The maximum Gasteiger partial charge on any atom is 0.328 e. The quantitative estimate of drug-likeness (QED) is 0.127. The predicted molar refractivity (Wildman–Crippen MR) is 146 cm³/mol. The number of benzene rings is 1. The molecule has 12 nitrogen and oxygen atoms in total. The van der Waals surface area contributed by atoms with E-state index < -0.39 is 28.7 Å². The molecule has 0 aliphatic carbocycles. The number of nitrogens with two attached hydrogens (primary N) is 1. The number of thiol groups is 1. The summed E-state index contributed by atoms with van der Waals surface area (Å²) in [5.41, 5.74) is 6.63. The number of hydrogen-bond donors (Lipinski definition) is 5. The van der Waals surface area contributed by atoms with E-state index in [9.17, 15) is 19.2 Å². The summed E-state index contributed by atoms with van der Waals surface area (Å²) >= 11 is 7.72. The number of guanidine groups is 1. The van der Waals surface area contributed by atoms with Crippen LogP contribution < -0.4 is 21.7 Å². The first-order valence-electron chi connectivity index (χ1n) is 11.6. The minimum atomic E-state index is -0.977. The minimum absolute atomic E-state index is 0.00927. The van der Waals surface area contributed by atoms with Gasteiger partial charge in [0.15, 0.2) is 10.7 Å². The Balaban J connectivity index is 1.90. The smallest absolute Gasteiger partial charge is 0.328 e. The molecule has 1 aliphatic rings. The van der Waals surface area contributed by atoms with Crippen LogP contribution in [0.3, 0.4) is 0 Å². The summed E-state index contributed by atoms with van der Waals surface area (Å²) in [5, 5.41) is 8.02. The van der Waals surface area contributed by atoms with Crippen molar-refractivity contribution < 1.29 is 28.7 Å². The zero-order valence-electron chi connectivity index (χ0n) is 20.5. The molecule has 2 unspecified atom stereocenters. The lowest BCUT2D eigenvalue weighted by Crippen LogP contribution is -2.48. The highest BCUT2D eigenvalue weighted by Gasteiger charge is 2.27. The van der Waals surface area contributed by atoms with Crippen molar-refractivity contribution in [3.63, 3.8) is 0 Å². The number of carbonyl (C=O) groups excluding carboxylic acids is 4. The Labute approximate surface area is 228 Å². The van der Waals surface area contributed by atoms with E-state index in [-0.39, 0.29) is 49.0 Å². The zero-order chi connectivity index (χ0) is 27.4. The Bertz CT molecular complexity index is 1040. The van der Waals surface area contributed by atoms with Crippen LogP contribution >= 0.6 is 28.6 Å². The van der Waals surface area contributed by atoms with Gasteiger partial charge in [0.2, 0.25) is 11.9 Å². The summed E-state index contributed by atoms with van der Waals surface area (Å²) in [5.74, 6) is -1.61. The highest BCUT2D eigenvalue weighted by Crippen LogP contribution is 2.13. The van der Waals surface area contributed by atoms with Gasteiger partial charge in [0.1, 0.15) is 6.04 Å². The first-order chi connectivity index (χ1) is 17.6. The number of hydrogen-bond acceptors (Lipinski definition) is 10. The molecule has 1 heterocycles. The van der Waals surface area contributed by atoms with Gasteiger partial charge in [-0.3, -0.25) is 24.7 Å². The maximum absolute atomic E-state index is 12.7. The molecular formula is C23H31BrN6O6S. The fourth-order valence-electron chi connectivity index (χ4n) is 3.10. The highest BCUT2D eigenvalue weighted by atomic mass is 79.9. The number of amidine groups is 1. The zero-order valence-corrected chi connectivity index (χ0v) is 23.0. The van der Waals surface area contributed by atoms with Crippen LogP contribution in [-0.4, -0.2) is 78.0 Å². The number of aliphatic imine (C=N–C) groups is 2. The highest BCUT2D eigenvalue weighted by molar-refractivity contribution is 9.10. The van der Waals surface area contributed by atoms with E-state index in [0.29, 0.717) is 18.7 Å². The van der Waals surface area contributed by atoms with E-state index >= 15 is 0 Å². The van der Waals surface area contributed by atoms with E-state index in [0.717, 1.165) is 5.69 Å². The first-order valence-corrected chi connectivity index (χ1v) is 13.1. The van der Waals surface area contributed by atoms with Crippen LogP contribution in [0.2, 0.25) is 0 Å². The number of esters is 2. The molecule has 0 spiro atoms. The van der Waals surface area contributed by atoms with Crippen molar-refractivity contribution in [2.75, 3.05) is 31.6 Å². The third kappa shape index (κ3) is 10.0. The Morgan fingerprint density at radius 3 is 2.54 bits per heavy atom. The molecule has 2 rings (SSSR count). The number of ether oxygens (including phenoxy) is 2. The molecule has 0 bridgehead atoms. The third-order valence-corrected chi connectivity index (χ3v) is 6.09. The van der Waals surface area contributed by atoms with Crippen molar-refractivity contribution in [3.8, 4) is 0 Å². The van der Waals surface area contributed by atoms with E-state index in [1.54, 1.807) is 38.1 Å². The van der Waals surface area contributed by atoms with Gasteiger partial charge in [-0.1, -0.05) is 15.9 Å². The minimum Gasteiger partial charge on any atom is -0.466 e. The molecule has 0 aromatic heterocycles. The number of rotatable bonds is 13. The molecule has 5 N–H and O–H groups in total. The van der Waals surface area contributed by atoms with Gasteiger partial charge in [0.05, 0.1) is 19.8 Å². The Hall–Kier alpha value is -3.13. The van der Waals surface area contributed by atoms with Crippen molar-refractivity contribution in [3.05, 3.63) is 29.8 Å². The first kappa shape index (κ1) is 30.1. The van der Waals surface area contributed by atoms with Gasteiger partial charge in [-0.15, -0.1) is 0 Å². The number of anilines is 1. The Kier molecular flexibility index (Phi) is 12.4. The fraction of sp³-hybridized carbons (Fsp3) is 0.478. The standard InChI is InChI=1S/C23H31BrN6O6S/c1-3-35-17(31)10-9-16(22(34)36-4-2)28-20(32)13-5-7-14(8-6-13)26-11-15(37)12-27-19-18(24)21(33)30-23(25)29-19/h5-8,15-16,18,26,37H,3-4,9-12H2,1-2H3,(H,28,32)(H3,25,27,29,30,33)/t15?,16-,18?/m0/s1. The summed E-state index contributed by atoms with van der Waals surface area (Å²) < 4.78 is 9.90. The molecule has 1 aromatic rings. The molecule has 0 saturated carbocycles. The van der Waals surface area contributed by atoms with Crippen LogP contribution in [0, 0.1) is 0 Å². The van der Waals surface area contributed by atoms with Gasteiger partial charge in [-0.25, -0.2) is 4.79 Å². The number of halogens is 1. The number of carbonyl (C=O) groups is 4. The average molecular weight is 600 g/mol. The summed E-state index contributed by atoms with van der Waals surface area (Å²) in [6.45, 7) is 4.47. The van der Waals surface area contributed by atoms with Gasteiger partial charge in [0.25, 0.3) is 5.91 Å². The normalized spacial score (nSPS) is 17.7. The third-order valence-electron chi connectivity index (χ3n) is 4.91. The average Bonchev–Trinajstić information content (AvgIpc) is 2.86. The molecule has 202 valence electrons. The summed E-state index contributed by atoms with van der Waals surface area (Å²) in [6, 6.07) is 5.66. The molecule has 1 aromatic carbocycles. The van der Waals surface area contributed by atoms with Gasteiger partial charge < -0.3 is 25.8 Å². The number of nitrogens with zero attached hydrogens (tertiary/aromatic N) is 2. The van der Waals surface area contributed by atoms with Crippen molar-refractivity contribution >= 4 is 69.8 Å². The second-order valence-corrected chi connectivity index (χ2v) is 9.43. The van der Waals surface area contributed by atoms with Crippen LogP contribution in [0.25, 0.3) is 0 Å². The topological polar surface area (TPSA) is 174 Å². The van der Waals surface area contributed by atoms with Crippen molar-refractivity contribution in [2.24, 2.45) is 15.7 Å². The molecule has 0 saturated heterocycles. The second kappa shape index (κ2) is 15.2. The van der Waals surface area contributed by atoms with Gasteiger partial charge in [-0.05, 0) is 44.5 Å². The van der Waals surface area contributed by atoms with Gasteiger partial charge in [-0.2, -0.15) is 17.6 Å². The van der Waals surface area contributed by atoms with E-state index in [4.69, 9.17) is 15.2 Å². The Morgan fingerprint density at radius 2 is 1.89 bits per heavy atom. The fourth-order valence-corrected chi connectivity index (χ4v) is 3.63. The van der Waals surface area contributed by atoms with Crippen molar-refractivity contribution in [2.45, 2.75) is 42.8 Å². The molecule has 1 aliphatic heterocycles. The summed E-state index contributed by atoms with van der Waals surface area (Å²) in [6.07, 6.45) is 0.0368. The molecule has 14 heteroatoms. The van der Waals surface area contributed by atoms with Crippen molar-refractivity contribution in [1.29, 1.82) is 0 Å². The van der Waals surface area contributed by atoms with Crippen LogP contribution in [0.1, 0.15) is 37.0 Å². The number of amides is 2. The van der Waals surface area contributed by atoms with Crippen LogP contribution in [0.15, 0.2) is 34.3 Å².